The van der Waals surface area contributed by atoms with Gasteiger partial charge in [-0.05, 0) is 85.2 Å². The first-order chi connectivity index (χ1) is 25.8. The molecule has 0 aliphatic carbocycles. The van der Waals surface area contributed by atoms with Crippen molar-refractivity contribution in [2.75, 3.05) is 25.1 Å². The van der Waals surface area contributed by atoms with Crippen LogP contribution in [0.25, 0.3) is 22.8 Å². The zero-order valence-electron chi connectivity index (χ0n) is 30.2. The van der Waals surface area contributed by atoms with Crippen molar-refractivity contribution in [3.63, 3.8) is 0 Å². The average Bonchev–Trinajstić information content (AvgIpc) is 3.60. The van der Waals surface area contributed by atoms with Crippen LogP contribution >= 0.6 is 7.82 Å². The summed E-state index contributed by atoms with van der Waals surface area (Å²) in [5, 5.41) is 18.1. The van der Waals surface area contributed by atoms with Crippen LogP contribution in [-0.2, 0) is 36.3 Å². The Morgan fingerprint density at radius 3 is 2.43 bits per heavy atom. The summed E-state index contributed by atoms with van der Waals surface area (Å²) in [7, 11) is -4.64. The van der Waals surface area contributed by atoms with E-state index >= 15 is 0 Å². The van der Waals surface area contributed by atoms with Crippen LogP contribution in [0.4, 0.5) is 10.1 Å². The van der Waals surface area contributed by atoms with E-state index in [2.05, 4.69) is 25.5 Å². The van der Waals surface area contributed by atoms with Crippen molar-refractivity contribution in [2.45, 2.75) is 58.4 Å². The first-order valence-electron chi connectivity index (χ1n) is 17.8. The van der Waals surface area contributed by atoms with Gasteiger partial charge >= 0.3 is 7.82 Å². The molecule has 4 aromatic rings. The van der Waals surface area contributed by atoms with Gasteiger partial charge in [0.15, 0.2) is 0 Å². The molecular formula is C40H46FN4O8P. The lowest BCUT2D eigenvalue weighted by Crippen LogP contribution is -2.48. The lowest BCUT2D eigenvalue weighted by Gasteiger charge is -2.19. The van der Waals surface area contributed by atoms with Crippen LogP contribution in [0.5, 0.6) is 0 Å². The maximum Gasteiger partial charge on any atom is 0.469 e. The number of benzene rings is 3. The summed E-state index contributed by atoms with van der Waals surface area (Å²) in [6, 6.07) is 21.0. The Hall–Kier alpha value is -4.91. The third-order valence-electron chi connectivity index (χ3n) is 9.51. The molecule has 3 aromatic carbocycles. The topological polar surface area (TPSA) is 190 Å². The maximum absolute atomic E-state index is 14.0. The Balaban J connectivity index is 1.22. The first-order valence-corrected chi connectivity index (χ1v) is 19.4. The molecule has 12 nitrogen and oxygen atoms in total. The number of anilines is 1. The van der Waals surface area contributed by atoms with E-state index in [1.54, 1.807) is 6.08 Å². The molecule has 1 aromatic heterocycles. The number of rotatable bonds is 18. The number of H-pyrrole nitrogens is 1. The van der Waals surface area contributed by atoms with Gasteiger partial charge in [-0.3, -0.25) is 18.9 Å². The van der Waals surface area contributed by atoms with Crippen LogP contribution in [-0.4, -0.2) is 63.4 Å². The number of hydrogen-bond acceptors (Lipinski definition) is 6. The van der Waals surface area contributed by atoms with Crippen LogP contribution in [0.2, 0.25) is 0 Å². The molecule has 2 heterocycles. The SMILES string of the molecule is Cc1[nH]c(/C=C2\C(=O)Nc3ccc(F)cc32)c(C)c1CCC(=O)N[C@H](Cc1ccc(-c2ccccc2)cc1)C(=O)NCCCCC(CO)COP(=O)(O)O. The first kappa shape index (κ1) is 40.3. The summed E-state index contributed by atoms with van der Waals surface area (Å²) in [5.74, 6) is -1.90. The Bertz CT molecular complexity index is 2030. The number of hydrogen-bond donors (Lipinski definition) is 7. The van der Waals surface area contributed by atoms with E-state index in [-0.39, 0.29) is 43.8 Å². The monoisotopic (exact) mass is 760 g/mol. The highest BCUT2D eigenvalue weighted by Crippen LogP contribution is 2.37. The van der Waals surface area contributed by atoms with Gasteiger partial charge in [-0.2, -0.15) is 0 Å². The summed E-state index contributed by atoms with van der Waals surface area (Å²) < 4.78 is 29.5. The Labute approximate surface area is 313 Å². The van der Waals surface area contributed by atoms with E-state index in [4.69, 9.17) is 9.79 Å². The van der Waals surface area contributed by atoms with Crippen molar-refractivity contribution in [3.8, 4) is 11.1 Å². The maximum atomic E-state index is 14.0. The number of aromatic nitrogens is 1. The minimum absolute atomic E-state index is 0.0973. The van der Waals surface area contributed by atoms with Crippen LogP contribution in [0, 0.1) is 25.6 Å². The van der Waals surface area contributed by atoms with Gasteiger partial charge in [0, 0.05) is 54.5 Å². The highest BCUT2D eigenvalue weighted by Gasteiger charge is 2.26. The fourth-order valence-corrected chi connectivity index (χ4v) is 6.92. The number of halogens is 1. The minimum Gasteiger partial charge on any atom is -0.396 e. The number of phosphoric acid groups is 1. The van der Waals surface area contributed by atoms with Crippen molar-refractivity contribution in [1.29, 1.82) is 0 Å². The third-order valence-corrected chi connectivity index (χ3v) is 10.00. The smallest absolute Gasteiger partial charge is 0.396 e. The second kappa shape index (κ2) is 18.4. The second-order valence-corrected chi connectivity index (χ2v) is 14.7. The molecule has 5 rings (SSSR count). The molecule has 0 radical (unpaired) electrons. The predicted molar refractivity (Wildman–Crippen MR) is 204 cm³/mol. The molecule has 0 saturated carbocycles. The molecule has 2 atom stereocenters. The molecule has 1 unspecified atom stereocenters. The van der Waals surface area contributed by atoms with E-state index in [0.717, 1.165) is 33.5 Å². The number of unbranched alkanes of at least 4 members (excludes halogenated alkanes) is 1. The van der Waals surface area contributed by atoms with Gasteiger partial charge < -0.3 is 35.8 Å². The predicted octanol–water partition coefficient (Wildman–Crippen LogP) is 5.59. The van der Waals surface area contributed by atoms with E-state index in [9.17, 15) is 28.4 Å². The Kier molecular flexibility index (Phi) is 13.7. The molecule has 0 saturated heterocycles. The Morgan fingerprint density at radius 1 is 1.00 bits per heavy atom. The van der Waals surface area contributed by atoms with Gasteiger partial charge in [0.05, 0.1) is 12.2 Å². The fourth-order valence-electron chi connectivity index (χ4n) is 6.52. The molecular weight excluding hydrogens is 714 g/mol. The average molecular weight is 761 g/mol. The summed E-state index contributed by atoms with van der Waals surface area (Å²) in [4.78, 5) is 60.7. The number of fused-ring (bicyclic) bond motifs is 1. The normalized spacial score (nSPS) is 14.4. The quantitative estimate of drug-likeness (QED) is 0.0388. The Morgan fingerprint density at radius 2 is 1.72 bits per heavy atom. The van der Waals surface area contributed by atoms with Crippen LogP contribution in [0.1, 0.15) is 59.3 Å². The number of aryl methyl sites for hydroxylation is 1. The highest BCUT2D eigenvalue weighted by atomic mass is 31.2. The molecule has 3 amide bonds. The van der Waals surface area contributed by atoms with Crippen LogP contribution in [0.3, 0.4) is 0 Å². The van der Waals surface area contributed by atoms with E-state index in [0.29, 0.717) is 54.7 Å². The number of phosphoric ester groups is 1. The van der Waals surface area contributed by atoms with Crippen LogP contribution < -0.4 is 16.0 Å². The molecule has 0 bridgehead atoms. The molecule has 286 valence electrons. The van der Waals surface area contributed by atoms with E-state index in [1.807, 2.05) is 68.4 Å². The lowest BCUT2D eigenvalue weighted by molar-refractivity contribution is -0.129. The molecule has 0 fully saturated rings. The molecule has 1 aliphatic rings. The summed E-state index contributed by atoms with van der Waals surface area (Å²) >= 11 is 0. The van der Waals surface area contributed by atoms with Crippen molar-refractivity contribution < 1.29 is 42.8 Å². The second-order valence-electron chi connectivity index (χ2n) is 13.5. The molecule has 1 aliphatic heterocycles. The number of nitrogens with one attached hydrogen (secondary N) is 4. The van der Waals surface area contributed by atoms with Crippen LogP contribution in [0.15, 0.2) is 72.8 Å². The number of aliphatic hydroxyl groups excluding tert-OH is 1. The molecule has 0 spiro atoms. The van der Waals surface area contributed by atoms with E-state index in [1.165, 1.54) is 18.2 Å². The van der Waals surface area contributed by atoms with E-state index < -0.39 is 25.6 Å². The number of carbonyl (C=O) groups excluding carboxylic acids is 3. The summed E-state index contributed by atoms with van der Waals surface area (Å²) in [5.41, 5.74) is 7.57. The minimum atomic E-state index is -4.64. The van der Waals surface area contributed by atoms with Gasteiger partial charge in [-0.25, -0.2) is 8.96 Å². The fraction of sp³-hybridized carbons (Fsp3) is 0.325. The van der Waals surface area contributed by atoms with Crippen molar-refractivity contribution in [1.82, 2.24) is 15.6 Å². The van der Waals surface area contributed by atoms with Gasteiger partial charge in [-0.1, -0.05) is 61.0 Å². The standard InChI is InChI=1S/C40H46FN4O8P/c1-25-32(26(2)43-36(25)22-34-33-21-31(41)15-17-35(33)45-39(34)48)16-18-38(47)44-37(20-27-11-13-30(14-12-27)29-9-4-3-5-10-29)40(49)42-19-7-6-8-28(23-46)24-53-54(50,51)52/h3-5,9-15,17,21-22,28,37,43,46H,6-8,16,18-20,23-24H2,1-2H3,(H,42,49)(H,44,47)(H,45,48)(H2,50,51,52)/b34-22-/t28?,37-/m1/s1. The zero-order chi connectivity index (χ0) is 38.8. The molecule has 14 heteroatoms. The lowest BCUT2D eigenvalue weighted by atomic mass is 9.99. The molecule has 7 N–H and O–H groups in total. The largest absolute Gasteiger partial charge is 0.469 e. The summed E-state index contributed by atoms with van der Waals surface area (Å²) in [6.07, 6.45) is 3.96. The van der Waals surface area contributed by atoms with Crippen molar-refractivity contribution in [3.05, 3.63) is 112 Å². The van der Waals surface area contributed by atoms with Gasteiger partial charge in [0.1, 0.15) is 11.9 Å². The van der Waals surface area contributed by atoms with Gasteiger partial charge in [-0.15, -0.1) is 0 Å². The van der Waals surface area contributed by atoms with Crippen molar-refractivity contribution in [2.24, 2.45) is 5.92 Å². The third kappa shape index (κ3) is 11.1. The number of aromatic amines is 1. The van der Waals surface area contributed by atoms with Gasteiger partial charge in [0.25, 0.3) is 5.91 Å². The molecule has 54 heavy (non-hydrogen) atoms. The zero-order valence-corrected chi connectivity index (χ0v) is 31.1. The number of carbonyl (C=O) groups is 3. The number of amides is 3. The highest BCUT2D eigenvalue weighted by molar-refractivity contribution is 7.46. The summed E-state index contributed by atoms with van der Waals surface area (Å²) in [6.45, 7) is 3.50. The van der Waals surface area contributed by atoms with Crippen molar-refractivity contribution >= 4 is 42.9 Å². The number of aliphatic hydroxyl groups is 1. The van der Waals surface area contributed by atoms with Gasteiger partial charge in [0.2, 0.25) is 11.8 Å².